The SMILES string of the molecule is CCNC(=O)c1c(C)nc2c(Cl)cc(C(F)(F)F)cn12. The van der Waals surface area contributed by atoms with Crippen molar-refractivity contribution >= 4 is 23.2 Å². The van der Waals surface area contributed by atoms with E-state index in [0.717, 1.165) is 16.7 Å². The van der Waals surface area contributed by atoms with E-state index in [2.05, 4.69) is 10.3 Å². The van der Waals surface area contributed by atoms with Gasteiger partial charge in [-0.25, -0.2) is 4.98 Å². The second-order valence-electron chi connectivity index (χ2n) is 4.17. The van der Waals surface area contributed by atoms with E-state index in [1.165, 1.54) is 0 Å². The van der Waals surface area contributed by atoms with Crippen LogP contribution in [0.25, 0.3) is 5.65 Å². The smallest absolute Gasteiger partial charge is 0.351 e. The van der Waals surface area contributed by atoms with Crippen molar-refractivity contribution < 1.29 is 18.0 Å². The molecule has 0 spiro atoms. The third kappa shape index (κ3) is 2.45. The molecule has 1 amide bonds. The molecule has 0 aromatic carbocycles. The van der Waals surface area contributed by atoms with E-state index in [1.807, 2.05) is 0 Å². The third-order valence-corrected chi connectivity index (χ3v) is 3.01. The minimum Gasteiger partial charge on any atom is -0.351 e. The zero-order valence-electron chi connectivity index (χ0n) is 10.7. The summed E-state index contributed by atoms with van der Waals surface area (Å²) in [7, 11) is 0. The Labute approximate surface area is 117 Å². The fourth-order valence-corrected chi connectivity index (χ4v) is 2.14. The van der Waals surface area contributed by atoms with Crippen molar-refractivity contribution in [1.29, 1.82) is 0 Å². The summed E-state index contributed by atoms with van der Waals surface area (Å²) in [4.78, 5) is 16.0. The number of nitrogens with one attached hydrogen (secondary N) is 1. The molecule has 0 aliphatic carbocycles. The lowest BCUT2D eigenvalue weighted by atomic mass is 10.2. The first-order valence-electron chi connectivity index (χ1n) is 5.79. The largest absolute Gasteiger partial charge is 0.417 e. The van der Waals surface area contributed by atoms with Gasteiger partial charge in [-0.2, -0.15) is 13.2 Å². The molecule has 1 N–H and O–H groups in total. The molecular formula is C12H11ClF3N3O. The Hall–Kier alpha value is -1.76. The first-order valence-corrected chi connectivity index (χ1v) is 6.17. The molecule has 0 aliphatic rings. The fourth-order valence-electron chi connectivity index (χ4n) is 1.89. The highest BCUT2D eigenvalue weighted by Crippen LogP contribution is 2.33. The number of hydrogen-bond donors (Lipinski definition) is 1. The number of alkyl halides is 3. The lowest BCUT2D eigenvalue weighted by Crippen LogP contribution is -2.25. The van der Waals surface area contributed by atoms with Gasteiger partial charge in [0.15, 0.2) is 5.65 Å². The number of pyridine rings is 1. The minimum atomic E-state index is -4.55. The van der Waals surface area contributed by atoms with E-state index in [9.17, 15) is 18.0 Å². The molecule has 2 rings (SSSR count). The van der Waals surface area contributed by atoms with Crippen molar-refractivity contribution in [3.8, 4) is 0 Å². The number of halogens is 4. The molecule has 108 valence electrons. The minimum absolute atomic E-state index is 0.0508. The summed E-state index contributed by atoms with van der Waals surface area (Å²) in [5.41, 5.74) is -0.441. The Bertz CT molecular complexity index is 679. The van der Waals surface area contributed by atoms with Crippen LogP contribution in [0, 0.1) is 6.92 Å². The molecule has 2 aromatic rings. The zero-order chi connectivity index (χ0) is 15.1. The topological polar surface area (TPSA) is 46.4 Å². The molecule has 0 bridgehead atoms. The number of rotatable bonds is 2. The van der Waals surface area contributed by atoms with Crippen LogP contribution in [0.3, 0.4) is 0 Å². The number of hydrogen-bond acceptors (Lipinski definition) is 2. The predicted molar refractivity (Wildman–Crippen MR) is 67.9 cm³/mol. The molecule has 0 fully saturated rings. The van der Waals surface area contributed by atoms with Gasteiger partial charge in [-0.05, 0) is 19.9 Å². The molecule has 0 saturated carbocycles. The number of amides is 1. The Morgan fingerprint density at radius 3 is 2.70 bits per heavy atom. The predicted octanol–water partition coefficient (Wildman–Crippen LogP) is 3.06. The quantitative estimate of drug-likeness (QED) is 0.927. The van der Waals surface area contributed by atoms with Crippen molar-refractivity contribution in [3.05, 3.63) is 34.2 Å². The van der Waals surface area contributed by atoms with Crippen LogP contribution in [0.2, 0.25) is 5.02 Å². The van der Waals surface area contributed by atoms with Crippen LogP contribution in [0.1, 0.15) is 28.7 Å². The number of carbonyl (C=O) groups is 1. The summed E-state index contributed by atoms with van der Waals surface area (Å²) in [6.07, 6.45) is -3.72. The monoisotopic (exact) mass is 305 g/mol. The summed E-state index contributed by atoms with van der Waals surface area (Å²) < 4.78 is 39.4. The van der Waals surface area contributed by atoms with Gasteiger partial charge in [0.1, 0.15) is 5.69 Å². The number of carbonyl (C=O) groups excluding carboxylic acids is 1. The number of imidazole rings is 1. The van der Waals surface area contributed by atoms with Gasteiger partial charge in [-0.15, -0.1) is 0 Å². The molecule has 2 heterocycles. The molecule has 0 saturated heterocycles. The molecule has 0 atom stereocenters. The molecule has 20 heavy (non-hydrogen) atoms. The van der Waals surface area contributed by atoms with Gasteiger partial charge in [-0.1, -0.05) is 11.6 Å². The average Bonchev–Trinajstić information content (AvgIpc) is 2.65. The highest BCUT2D eigenvalue weighted by Gasteiger charge is 2.32. The summed E-state index contributed by atoms with van der Waals surface area (Å²) in [6, 6.07) is 0.796. The van der Waals surface area contributed by atoms with Gasteiger partial charge in [0.25, 0.3) is 5.91 Å². The van der Waals surface area contributed by atoms with Crippen molar-refractivity contribution in [2.75, 3.05) is 6.54 Å². The van der Waals surface area contributed by atoms with Crippen molar-refractivity contribution in [2.45, 2.75) is 20.0 Å². The van der Waals surface area contributed by atoms with Crippen molar-refractivity contribution in [1.82, 2.24) is 14.7 Å². The van der Waals surface area contributed by atoms with Gasteiger partial charge in [0.2, 0.25) is 0 Å². The van der Waals surface area contributed by atoms with E-state index in [-0.39, 0.29) is 16.4 Å². The van der Waals surface area contributed by atoms with Crippen LogP contribution >= 0.6 is 11.6 Å². The molecule has 8 heteroatoms. The second kappa shape index (κ2) is 4.97. The molecule has 4 nitrogen and oxygen atoms in total. The number of aromatic nitrogens is 2. The Balaban J connectivity index is 2.73. The molecule has 2 aromatic heterocycles. The highest BCUT2D eigenvalue weighted by atomic mass is 35.5. The molecule has 0 unspecified atom stereocenters. The lowest BCUT2D eigenvalue weighted by Gasteiger charge is -2.09. The van der Waals surface area contributed by atoms with E-state index in [0.29, 0.717) is 12.2 Å². The maximum absolute atomic E-state index is 12.8. The van der Waals surface area contributed by atoms with Gasteiger partial charge < -0.3 is 5.32 Å². The lowest BCUT2D eigenvalue weighted by molar-refractivity contribution is -0.137. The Morgan fingerprint density at radius 2 is 2.15 bits per heavy atom. The molecular weight excluding hydrogens is 295 g/mol. The van der Waals surface area contributed by atoms with E-state index in [1.54, 1.807) is 13.8 Å². The Morgan fingerprint density at radius 1 is 1.50 bits per heavy atom. The van der Waals surface area contributed by atoms with E-state index >= 15 is 0 Å². The highest BCUT2D eigenvalue weighted by molar-refractivity contribution is 6.33. The average molecular weight is 306 g/mol. The van der Waals surface area contributed by atoms with Crippen molar-refractivity contribution in [2.24, 2.45) is 0 Å². The second-order valence-corrected chi connectivity index (χ2v) is 4.58. The maximum Gasteiger partial charge on any atom is 0.417 e. The zero-order valence-corrected chi connectivity index (χ0v) is 11.4. The van der Waals surface area contributed by atoms with Gasteiger partial charge in [0.05, 0.1) is 16.3 Å². The third-order valence-electron chi connectivity index (χ3n) is 2.73. The molecule has 0 aliphatic heterocycles. The Kier molecular flexibility index (Phi) is 3.64. The van der Waals surface area contributed by atoms with Crippen LogP contribution in [-0.4, -0.2) is 21.8 Å². The van der Waals surface area contributed by atoms with Crippen LogP contribution in [0.15, 0.2) is 12.3 Å². The fraction of sp³-hybridized carbons (Fsp3) is 0.333. The van der Waals surface area contributed by atoms with Crippen LogP contribution in [0.4, 0.5) is 13.2 Å². The summed E-state index contributed by atoms with van der Waals surface area (Å²) in [5, 5.41) is 2.38. The normalized spacial score (nSPS) is 11.9. The number of nitrogens with zero attached hydrogens (tertiary/aromatic N) is 2. The van der Waals surface area contributed by atoms with Crippen LogP contribution in [0.5, 0.6) is 0 Å². The summed E-state index contributed by atoms with van der Waals surface area (Å²) in [5.74, 6) is -0.493. The summed E-state index contributed by atoms with van der Waals surface area (Å²) in [6.45, 7) is 3.62. The molecule has 0 radical (unpaired) electrons. The summed E-state index contributed by atoms with van der Waals surface area (Å²) >= 11 is 5.82. The first-order chi connectivity index (χ1) is 9.25. The van der Waals surface area contributed by atoms with E-state index in [4.69, 9.17) is 11.6 Å². The van der Waals surface area contributed by atoms with E-state index < -0.39 is 17.6 Å². The number of fused-ring (bicyclic) bond motifs is 1. The number of aryl methyl sites for hydroxylation is 1. The first kappa shape index (κ1) is 14.6. The van der Waals surface area contributed by atoms with Crippen LogP contribution < -0.4 is 5.32 Å². The standard InChI is InChI=1S/C12H11ClF3N3O/c1-3-17-11(20)9-6(2)18-10-8(13)4-7(5-19(9)10)12(14,15)16/h4-5H,3H2,1-2H3,(H,17,20). The van der Waals surface area contributed by atoms with Crippen molar-refractivity contribution in [3.63, 3.8) is 0 Å². The van der Waals surface area contributed by atoms with Gasteiger partial charge in [-0.3, -0.25) is 9.20 Å². The van der Waals surface area contributed by atoms with Gasteiger partial charge in [0, 0.05) is 12.7 Å². The maximum atomic E-state index is 12.8. The van der Waals surface area contributed by atoms with Gasteiger partial charge >= 0.3 is 6.18 Å². The van der Waals surface area contributed by atoms with Crippen LogP contribution in [-0.2, 0) is 6.18 Å².